The monoisotopic (exact) mass is 469 g/mol. The summed E-state index contributed by atoms with van der Waals surface area (Å²) in [7, 11) is 1.23. The van der Waals surface area contributed by atoms with Gasteiger partial charge in [0.2, 0.25) is 5.91 Å². The van der Waals surface area contributed by atoms with Crippen LogP contribution in [0.4, 0.5) is 8.78 Å². The van der Waals surface area contributed by atoms with Gasteiger partial charge >= 0.3 is 0 Å². The van der Waals surface area contributed by atoms with Crippen LogP contribution in [0.3, 0.4) is 0 Å². The Morgan fingerprint density at radius 1 is 1.26 bits per heavy atom. The Morgan fingerprint density at radius 3 is 2.85 bits per heavy atom. The summed E-state index contributed by atoms with van der Waals surface area (Å²) in [5.74, 6) is -1.51. The standard InChI is InChI=1S/C24H25F2N5O3/c1-29(34)24(33)21-7-18-16(10-30-5-4-14-8-28-23(32)19(14)13-30)12-31(22(18)9-27-21)11-15-2-3-17(25)6-20(15)26/h2-3,6-7,9,12,14,19,34H,4-5,8,10-11,13H2,1H3,(H,28,32)/t14-,19-/m1/s1. The number of fused-ring (bicyclic) bond motifs is 2. The van der Waals surface area contributed by atoms with Crippen LogP contribution >= 0.6 is 0 Å². The fourth-order valence-corrected chi connectivity index (χ4v) is 4.99. The maximum absolute atomic E-state index is 14.3. The number of aromatic nitrogens is 2. The topological polar surface area (TPSA) is 90.7 Å². The van der Waals surface area contributed by atoms with Gasteiger partial charge in [-0.2, -0.15) is 0 Å². The molecule has 0 radical (unpaired) electrons. The van der Waals surface area contributed by atoms with Crippen molar-refractivity contribution < 1.29 is 23.6 Å². The summed E-state index contributed by atoms with van der Waals surface area (Å²) >= 11 is 0. The maximum Gasteiger partial charge on any atom is 0.295 e. The van der Waals surface area contributed by atoms with E-state index in [-0.39, 0.29) is 24.1 Å². The Hall–Kier alpha value is -3.37. The molecule has 2 aromatic heterocycles. The van der Waals surface area contributed by atoms with Crippen LogP contribution in [0.5, 0.6) is 0 Å². The molecule has 10 heteroatoms. The summed E-state index contributed by atoms with van der Waals surface area (Å²) in [5.41, 5.74) is 1.98. The Labute approximate surface area is 194 Å². The third kappa shape index (κ3) is 4.14. The lowest BCUT2D eigenvalue weighted by molar-refractivity contribution is -0.124. The van der Waals surface area contributed by atoms with E-state index in [1.165, 1.54) is 25.4 Å². The molecule has 2 atom stereocenters. The Kier molecular flexibility index (Phi) is 5.78. The zero-order valence-corrected chi connectivity index (χ0v) is 18.7. The molecule has 34 heavy (non-hydrogen) atoms. The zero-order chi connectivity index (χ0) is 24.0. The molecule has 3 aromatic rings. The third-order valence-corrected chi connectivity index (χ3v) is 6.83. The van der Waals surface area contributed by atoms with E-state index in [0.29, 0.717) is 35.2 Å². The van der Waals surface area contributed by atoms with Gasteiger partial charge in [0, 0.05) is 49.9 Å². The van der Waals surface area contributed by atoms with Crippen molar-refractivity contribution in [1.29, 1.82) is 0 Å². The molecule has 0 saturated carbocycles. The van der Waals surface area contributed by atoms with Gasteiger partial charge in [-0.15, -0.1) is 0 Å². The molecule has 0 aliphatic carbocycles. The Balaban J connectivity index is 1.50. The average molecular weight is 469 g/mol. The van der Waals surface area contributed by atoms with E-state index in [0.717, 1.165) is 36.5 Å². The molecule has 5 rings (SSSR count). The van der Waals surface area contributed by atoms with Crippen molar-refractivity contribution in [2.24, 2.45) is 11.8 Å². The predicted molar refractivity (Wildman–Crippen MR) is 119 cm³/mol. The fourth-order valence-electron chi connectivity index (χ4n) is 4.99. The van der Waals surface area contributed by atoms with Gasteiger partial charge in [0.25, 0.3) is 5.91 Å². The first-order valence-electron chi connectivity index (χ1n) is 11.2. The predicted octanol–water partition coefficient (Wildman–Crippen LogP) is 2.39. The van der Waals surface area contributed by atoms with Crippen molar-refractivity contribution in [2.45, 2.75) is 19.5 Å². The number of halogens is 2. The fraction of sp³-hybridized carbons (Fsp3) is 0.375. The number of nitrogens with one attached hydrogen (secondary N) is 1. The first kappa shape index (κ1) is 22.4. The molecule has 8 nitrogen and oxygen atoms in total. The van der Waals surface area contributed by atoms with Crippen LogP contribution in [0.25, 0.3) is 10.9 Å². The van der Waals surface area contributed by atoms with Crippen LogP contribution in [0, 0.1) is 23.5 Å². The number of amides is 2. The second-order valence-electron chi connectivity index (χ2n) is 9.07. The van der Waals surface area contributed by atoms with Gasteiger partial charge in [0.05, 0.1) is 24.2 Å². The van der Waals surface area contributed by atoms with Crippen LogP contribution in [-0.4, -0.2) is 63.2 Å². The number of likely N-dealkylation sites (tertiary alicyclic amines) is 1. The van der Waals surface area contributed by atoms with Gasteiger partial charge in [0.15, 0.2) is 0 Å². The SMILES string of the molecule is CN(O)C(=O)c1cc2c(CN3CC[C@@H]4CNC(=O)[C@@H]4C3)cn(Cc3ccc(F)cc3F)c2cn1. The highest BCUT2D eigenvalue weighted by Gasteiger charge is 2.39. The largest absolute Gasteiger partial charge is 0.356 e. The van der Waals surface area contributed by atoms with E-state index < -0.39 is 17.5 Å². The van der Waals surface area contributed by atoms with Crippen molar-refractivity contribution >= 4 is 22.7 Å². The van der Waals surface area contributed by atoms with Gasteiger partial charge in [0.1, 0.15) is 17.3 Å². The van der Waals surface area contributed by atoms with E-state index in [1.807, 2.05) is 10.8 Å². The normalized spacial score (nSPS) is 20.4. The zero-order valence-electron chi connectivity index (χ0n) is 18.7. The highest BCUT2D eigenvalue weighted by Crippen LogP contribution is 2.30. The number of carbonyl (C=O) groups is 2. The van der Waals surface area contributed by atoms with Gasteiger partial charge in [-0.25, -0.2) is 18.8 Å². The highest BCUT2D eigenvalue weighted by atomic mass is 19.1. The molecule has 2 aliphatic heterocycles. The minimum absolute atomic E-state index is 0.0303. The molecule has 2 fully saturated rings. The van der Waals surface area contributed by atoms with Crippen LogP contribution in [0.15, 0.2) is 36.7 Å². The Morgan fingerprint density at radius 2 is 2.09 bits per heavy atom. The molecule has 0 unspecified atom stereocenters. The number of benzene rings is 1. The van der Waals surface area contributed by atoms with Crippen LogP contribution < -0.4 is 5.32 Å². The molecular formula is C24H25F2N5O3. The summed E-state index contributed by atoms with van der Waals surface area (Å²) in [5, 5.41) is 13.7. The molecule has 4 heterocycles. The molecule has 2 aliphatic rings. The lowest BCUT2D eigenvalue weighted by Crippen LogP contribution is -2.40. The highest BCUT2D eigenvalue weighted by molar-refractivity contribution is 5.96. The van der Waals surface area contributed by atoms with Crippen LogP contribution in [0.2, 0.25) is 0 Å². The number of hydroxylamine groups is 2. The van der Waals surface area contributed by atoms with E-state index >= 15 is 0 Å². The molecule has 2 N–H and O–H groups in total. The van der Waals surface area contributed by atoms with Gasteiger partial charge in [-0.1, -0.05) is 6.07 Å². The van der Waals surface area contributed by atoms with E-state index in [2.05, 4.69) is 15.2 Å². The van der Waals surface area contributed by atoms with Crippen molar-refractivity contribution in [3.05, 3.63) is 65.1 Å². The molecular weight excluding hydrogens is 444 g/mol. The minimum atomic E-state index is -0.645. The lowest BCUT2D eigenvalue weighted by Gasteiger charge is -2.33. The molecule has 178 valence electrons. The first-order valence-corrected chi connectivity index (χ1v) is 11.2. The summed E-state index contributed by atoms with van der Waals surface area (Å²) in [6.07, 6.45) is 4.32. The second-order valence-corrected chi connectivity index (χ2v) is 9.07. The van der Waals surface area contributed by atoms with Crippen LogP contribution in [-0.2, 0) is 17.9 Å². The van der Waals surface area contributed by atoms with Gasteiger partial charge in [-0.05, 0) is 36.6 Å². The average Bonchev–Trinajstić information content (AvgIpc) is 3.35. The molecule has 0 spiro atoms. The number of hydrogen-bond acceptors (Lipinski definition) is 5. The number of piperidine rings is 1. The molecule has 2 saturated heterocycles. The van der Waals surface area contributed by atoms with E-state index in [9.17, 15) is 23.6 Å². The molecule has 2 amide bonds. The third-order valence-electron chi connectivity index (χ3n) is 6.83. The number of rotatable bonds is 5. The van der Waals surface area contributed by atoms with Crippen molar-refractivity contribution in [2.75, 3.05) is 26.7 Å². The minimum Gasteiger partial charge on any atom is -0.356 e. The first-order chi connectivity index (χ1) is 16.3. The number of carbonyl (C=O) groups excluding carboxylic acids is 2. The summed E-state index contributed by atoms with van der Waals surface area (Å²) in [4.78, 5) is 30.9. The number of nitrogens with zero attached hydrogens (tertiary/aromatic N) is 4. The summed E-state index contributed by atoms with van der Waals surface area (Å²) in [6.45, 7) is 2.91. The number of pyridine rings is 1. The quantitative estimate of drug-likeness (QED) is 0.442. The lowest BCUT2D eigenvalue weighted by atomic mass is 9.88. The number of hydrogen-bond donors (Lipinski definition) is 2. The van der Waals surface area contributed by atoms with E-state index in [4.69, 9.17) is 0 Å². The van der Waals surface area contributed by atoms with Crippen molar-refractivity contribution in [1.82, 2.24) is 24.8 Å². The molecule has 0 bridgehead atoms. The van der Waals surface area contributed by atoms with Gasteiger partial charge < -0.3 is 9.88 Å². The summed E-state index contributed by atoms with van der Waals surface area (Å²) < 4.78 is 29.5. The van der Waals surface area contributed by atoms with Gasteiger partial charge in [-0.3, -0.25) is 19.7 Å². The summed E-state index contributed by atoms with van der Waals surface area (Å²) in [6, 6.07) is 5.09. The smallest absolute Gasteiger partial charge is 0.295 e. The molecule has 1 aromatic carbocycles. The second kappa shape index (κ2) is 8.77. The van der Waals surface area contributed by atoms with Crippen LogP contribution in [0.1, 0.15) is 28.0 Å². The van der Waals surface area contributed by atoms with Crippen molar-refractivity contribution in [3.8, 4) is 0 Å². The Bertz CT molecular complexity index is 1270. The van der Waals surface area contributed by atoms with Crippen molar-refractivity contribution in [3.63, 3.8) is 0 Å². The maximum atomic E-state index is 14.3. The van der Waals surface area contributed by atoms with E-state index in [1.54, 1.807) is 6.07 Å².